The van der Waals surface area contributed by atoms with Crippen molar-refractivity contribution in [2.24, 2.45) is 17.8 Å². The number of alkyl halides is 1. The zero-order chi connectivity index (χ0) is 33.5. The molecule has 2 aliphatic rings. The van der Waals surface area contributed by atoms with E-state index in [2.05, 4.69) is 15.9 Å². The van der Waals surface area contributed by atoms with E-state index in [1.165, 1.54) is 12.1 Å². The summed E-state index contributed by atoms with van der Waals surface area (Å²) in [5, 5.41) is 17.7. The lowest BCUT2D eigenvalue weighted by Crippen LogP contribution is -2.24. The second-order valence-corrected chi connectivity index (χ2v) is 15.4. The number of ketones is 2. The first-order chi connectivity index (χ1) is 21.1. The van der Waals surface area contributed by atoms with E-state index in [0.29, 0.717) is 22.3 Å². The van der Waals surface area contributed by atoms with Gasteiger partial charge in [-0.25, -0.2) is 8.78 Å². The molecule has 2 aromatic carbocycles. The fourth-order valence-corrected chi connectivity index (χ4v) is 6.77. The summed E-state index contributed by atoms with van der Waals surface area (Å²) in [5.74, 6) is -1.86. The number of Topliss-reactive ketones (excluding diaryl/α,β-unsaturated/α-hetero) is 2. The maximum Gasteiger partial charge on any atom is 0.303 e. The van der Waals surface area contributed by atoms with Crippen molar-refractivity contribution in [1.82, 2.24) is 0 Å². The zero-order valence-corrected chi connectivity index (χ0v) is 28.2. The molecule has 2 aromatic rings. The molecule has 45 heavy (non-hydrogen) atoms. The molecular formula is C36H45BrF2O6. The van der Waals surface area contributed by atoms with Gasteiger partial charge in [0.1, 0.15) is 11.6 Å². The highest BCUT2D eigenvalue weighted by atomic mass is 79.9. The van der Waals surface area contributed by atoms with Gasteiger partial charge in [0.2, 0.25) is 0 Å². The second-order valence-electron chi connectivity index (χ2n) is 13.4. The number of benzene rings is 2. The number of halogens is 3. The van der Waals surface area contributed by atoms with Crippen molar-refractivity contribution in [3.63, 3.8) is 0 Å². The average Bonchev–Trinajstić information content (AvgIpc) is 2.96. The van der Waals surface area contributed by atoms with E-state index in [1.807, 2.05) is 0 Å². The Morgan fingerprint density at radius 2 is 1.11 bits per heavy atom. The monoisotopic (exact) mass is 690 g/mol. The van der Waals surface area contributed by atoms with Crippen molar-refractivity contribution in [3.05, 3.63) is 70.3 Å². The maximum atomic E-state index is 14.4. The van der Waals surface area contributed by atoms with Crippen molar-refractivity contribution in [3.8, 4) is 0 Å². The van der Waals surface area contributed by atoms with Gasteiger partial charge < -0.3 is 10.2 Å². The Morgan fingerprint density at radius 1 is 0.733 bits per heavy atom. The molecular weight excluding hydrogens is 646 g/mol. The van der Waals surface area contributed by atoms with Gasteiger partial charge in [-0.2, -0.15) is 0 Å². The van der Waals surface area contributed by atoms with Gasteiger partial charge in [0.05, 0.1) is 4.32 Å². The van der Waals surface area contributed by atoms with E-state index in [1.54, 1.807) is 52.0 Å². The second kappa shape index (κ2) is 16.1. The minimum atomic E-state index is -0.764. The Balaban J connectivity index is 0.000000246. The summed E-state index contributed by atoms with van der Waals surface area (Å²) >= 11 is 3.31. The van der Waals surface area contributed by atoms with Gasteiger partial charge in [0.25, 0.3) is 0 Å². The van der Waals surface area contributed by atoms with E-state index in [-0.39, 0.29) is 65.6 Å². The normalized spacial score (nSPS) is 21.9. The van der Waals surface area contributed by atoms with Crippen LogP contribution in [-0.4, -0.2) is 38.0 Å². The predicted molar refractivity (Wildman–Crippen MR) is 173 cm³/mol. The molecule has 0 amide bonds. The van der Waals surface area contributed by atoms with Crippen molar-refractivity contribution >= 4 is 39.4 Å². The van der Waals surface area contributed by atoms with Crippen LogP contribution in [0.4, 0.5) is 8.78 Å². The zero-order valence-electron chi connectivity index (χ0n) is 26.6. The molecule has 2 saturated carbocycles. The molecule has 246 valence electrons. The van der Waals surface area contributed by atoms with Crippen LogP contribution in [0, 0.1) is 29.4 Å². The molecule has 0 unspecified atom stereocenters. The topological polar surface area (TPSA) is 109 Å². The largest absolute Gasteiger partial charge is 0.481 e. The van der Waals surface area contributed by atoms with E-state index in [9.17, 15) is 28.0 Å². The predicted octanol–water partition coefficient (Wildman–Crippen LogP) is 9.34. The summed E-state index contributed by atoms with van der Waals surface area (Å²) in [6.45, 7) is 7.09. The first-order valence-electron chi connectivity index (χ1n) is 15.9. The van der Waals surface area contributed by atoms with Crippen LogP contribution in [-0.2, 0) is 9.59 Å². The molecule has 2 N–H and O–H groups in total. The van der Waals surface area contributed by atoms with Crippen LogP contribution in [0.3, 0.4) is 0 Å². The average molecular weight is 692 g/mol. The number of carboxylic acid groups (broad SMARTS) is 2. The first kappa shape index (κ1) is 36.5. The number of carbonyl (C=O) groups excluding carboxylic acids is 2. The van der Waals surface area contributed by atoms with E-state index in [4.69, 9.17) is 10.2 Å². The SMILES string of the molecule is CC(C)(Br)C(=O)c1ccc(C2CCC(CC(=O)O)CC2)c(F)c1.CC(C)C(=O)c1ccc(C2CCC(CC(=O)O)CC2)c(F)c1. The fraction of sp³-hybridized carbons (Fsp3) is 0.556. The third kappa shape index (κ3) is 10.5. The quantitative estimate of drug-likeness (QED) is 0.190. The van der Waals surface area contributed by atoms with Crippen molar-refractivity contribution in [2.75, 3.05) is 0 Å². The van der Waals surface area contributed by atoms with Gasteiger partial charge in [-0.05, 0) is 112 Å². The van der Waals surface area contributed by atoms with E-state index < -0.39 is 16.3 Å². The Hall–Kier alpha value is -2.94. The third-order valence-electron chi connectivity index (χ3n) is 9.11. The molecule has 2 fully saturated rings. The molecule has 0 heterocycles. The standard InChI is InChI=1S/C18H22BrFO3.C18H23FO3/c1-18(2,19)17(23)13-7-8-14(15(20)10-13)12-5-3-11(4-6-12)9-16(21)22;1-11(2)18(22)14-7-8-15(16(19)10-14)13-5-3-12(4-6-13)9-17(20)21/h7-8,10-12H,3-6,9H2,1-2H3,(H,21,22);7-8,10-13H,3-6,9H2,1-2H3,(H,20,21). The smallest absolute Gasteiger partial charge is 0.303 e. The molecule has 0 atom stereocenters. The first-order valence-corrected chi connectivity index (χ1v) is 16.7. The molecule has 0 radical (unpaired) electrons. The summed E-state index contributed by atoms with van der Waals surface area (Å²) in [4.78, 5) is 45.6. The highest BCUT2D eigenvalue weighted by molar-refractivity contribution is 9.10. The third-order valence-corrected chi connectivity index (χ3v) is 9.47. The molecule has 9 heteroatoms. The van der Waals surface area contributed by atoms with E-state index >= 15 is 0 Å². The minimum Gasteiger partial charge on any atom is -0.481 e. The molecule has 0 saturated heterocycles. The highest BCUT2D eigenvalue weighted by Gasteiger charge is 2.29. The van der Waals surface area contributed by atoms with Gasteiger partial charge in [-0.1, -0.05) is 54.0 Å². The molecule has 0 spiro atoms. The summed E-state index contributed by atoms with van der Waals surface area (Å²) in [6.07, 6.45) is 6.89. The number of carboxylic acids is 2. The van der Waals surface area contributed by atoms with E-state index in [0.717, 1.165) is 51.4 Å². The van der Waals surface area contributed by atoms with Gasteiger partial charge >= 0.3 is 11.9 Å². The highest BCUT2D eigenvalue weighted by Crippen LogP contribution is 2.39. The Morgan fingerprint density at radius 3 is 1.44 bits per heavy atom. The van der Waals surface area contributed by atoms with Crippen molar-refractivity contribution in [2.45, 2.75) is 108 Å². The van der Waals surface area contributed by atoms with Crippen LogP contribution in [0.2, 0.25) is 0 Å². The van der Waals surface area contributed by atoms with Gasteiger partial charge in [0.15, 0.2) is 11.6 Å². The molecule has 2 aliphatic carbocycles. The Labute approximate surface area is 273 Å². The van der Waals surface area contributed by atoms with Crippen LogP contribution >= 0.6 is 15.9 Å². The fourth-order valence-electron chi connectivity index (χ4n) is 6.54. The summed E-state index contributed by atoms with van der Waals surface area (Å²) in [5.41, 5.74) is 2.10. The molecule has 0 aliphatic heterocycles. The lowest BCUT2D eigenvalue weighted by atomic mass is 9.77. The number of carbonyl (C=O) groups is 4. The molecule has 4 rings (SSSR count). The van der Waals surface area contributed by atoms with Crippen molar-refractivity contribution < 1.29 is 38.2 Å². The Bertz CT molecular complexity index is 1370. The van der Waals surface area contributed by atoms with Gasteiger partial charge in [-0.15, -0.1) is 0 Å². The van der Waals surface area contributed by atoms with Crippen LogP contribution < -0.4 is 0 Å². The van der Waals surface area contributed by atoms with Crippen LogP contribution in [0.5, 0.6) is 0 Å². The minimum absolute atomic E-state index is 0.0457. The lowest BCUT2D eigenvalue weighted by molar-refractivity contribution is -0.139. The van der Waals surface area contributed by atoms with Crippen LogP contribution in [0.25, 0.3) is 0 Å². The Kier molecular flexibility index (Phi) is 13.0. The van der Waals surface area contributed by atoms with Crippen LogP contribution in [0.1, 0.15) is 136 Å². The maximum absolute atomic E-state index is 14.4. The van der Waals surface area contributed by atoms with Gasteiger partial charge in [-0.3, -0.25) is 19.2 Å². The molecule has 6 nitrogen and oxygen atoms in total. The molecule has 0 aromatic heterocycles. The summed E-state index contributed by atoms with van der Waals surface area (Å²) in [6, 6.07) is 9.51. The summed E-state index contributed by atoms with van der Waals surface area (Å²) < 4.78 is 28.0. The van der Waals surface area contributed by atoms with Crippen molar-refractivity contribution in [1.29, 1.82) is 0 Å². The number of aliphatic carboxylic acids is 2. The summed E-state index contributed by atoms with van der Waals surface area (Å²) in [7, 11) is 0. The van der Waals surface area contributed by atoms with Gasteiger partial charge in [0, 0.05) is 29.9 Å². The number of hydrogen-bond donors (Lipinski definition) is 2. The lowest BCUT2D eigenvalue weighted by Gasteiger charge is -2.28. The number of hydrogen-bond acceptors (Lipinski definition) is 4. The number of rotatable bonds is 10. The molecule has 0 bridgehead atoms. The van der Waals surface area contributed by atoms with Crippen LogP contribution in [0.15, 0.2) is 36.4 Å².